The minimum atomic E-state index is -0.974. The van der Waals surface area contributed by atoms with Crippen molar-refractivity contribution in [3.63, 3.8) is 0 Å². The van der Waals surface area contributed by atoms with Crippen molar-refractivity contribution < 1.29 is 14.3 Å². The van der Waals surface area contributed by atoms with E-state index < -0.39 is 11.8 Å². The van der Waals surface area contributed by atoms with E-state index in [1.54, 1.807) is 30.3 Å². The van der Waals surface area contributed by atoms with Gasteiger partial charge in [0.25, 0.3) is 0 Å². The summed E-state index contributed by atoms with van der Waals surface area (Å²) in [6.45, 7) is 2.31. The fraction of sp³-hybridized carbons (Fsp3) is 0.133. The molecule has 104 valence electrons. The van der Waals surface area contributed by atoms with Gasteiger partial charge in [-0.2, -0.15) is 0 Å². The number of anilines is 1. The maximum atomic E-state index is 13.1. The summed E-state index contributed by atoms with van der Waals surface area (Å²) >= 11 is 5.71. The number of hydrogen-bond donors (Lipinski definition) is 2. The fourth-order valence-corrected chi connectivity index (χ4v) is 2.00. The molecule has 0 aliphatic rings. The first-order chi connectivity index (χ1) is 9.47. The summed E-state index contributed by atoms with van der Waals surface area (Å²) < 4.78 is 13.1. The van der Waals surface area contributed by atoms with E-state index >= 15 is 0 Å². The molecule has 0 atom stereocenters. The lowest BCUT2D eigenvalue weighted by Crippen LogP contribution is -2.04. The van der Waals surface area contributed by atoms with E-state index in [-0.39, 0.29) is 10.6 Å². The van der Waals surface area contributed by atoms with E-state index in [1.807, 2.05) is 6.92 Å². The molecule has 2 rings (SSSR count). The van der Waals surface area contributed by atoms with Gasteiger partial charge in [-0.25, -0.2) is 9.18 Å². The second kappa shape index (κ2) is 5.92. The Balaban J connectivity index is 2.15. The van der Waals surface area contributed by atoms with Gasteiger partial charge in [-0.3, -0.25) is 0 Å². The van der Waals surface area contributed by atoms with Gasteiger partial charge in [-0.05, 0) is 42.3 Å². The Hall–Kier alpha value is -2.07. The maximum absolute atomic E-state index is 13.1. The topological polar surface area (TPSA) is 49.3 Å². The highest BCUT2D eigenvalue weighted by molar-refractivity contribution is 6.30. The average Bonchev–Trinajstić information content (AvgIpc) is 2.41. The molecule has 0 spiro atoms. The molecular formula is C15H13ClFNO2. The van der Waals surface area contributed by atoms with Gasteiger partial charge in [0.15, 0.2) is 0 Å². The average molecular weight is 294 g/mol. The molecule has 0 amide bonds. The molecule has 0 saturated carbocycles. The Morgan fingerprint density at radius 2 is 2.05 bits per heavy atom. The van der Waals surface area contributed by atoms with Gasteiger partial charge in [0.05, 0.1) is 10.6 Å². The van der Waals surface area contributed by atoms with Crippen LogP contribution in [0.5, 0.6) is 0 Å². The lowest BCUT2D eigenvalue weighted by molar-refractivity contribution is 0.0697. The second-order valence-corrected chi connectivity index (χ2v) is 4.84. The van der Waals surface area contributed by atoms with Crippen molar-refractivity contribution in [2.24, 2.45) is 0 Å². The summed E-state index contributed by atoms with van der Waals surface area (Å²) in [4.78, 5) is 10.9. The normalized spacial score (nSPS) is 10.3. The van der Waals surface area contributed by atoms with Crippen molar-refractivity contribution in [3.8, 4) is 0 Å². The van der Waals surface area contributed by atoms with E-state index in [0.717, 1.165) is 16.8 Å². The molecule has 20 heavy (non-hydrogen) atoms. The van der Waals surface area contributed by atoms with Crippen LogP contribution in [0.25, 0.3) is 0 Å². The molecule has 2 aromatic rings. The van der Waals surface area contributed by atoms with Crippen LogP contribution in [0.15, 0.2) is 36.4 Å². The molecule has 0 bridgehead atoms. The molecule has 0 aliphatic heterocycles. The van der Waals surface area contributed by atoms with Gasteiger partial charge in [-0.1, -0.05) is 23.7 Å². The highest BCUT2D eigenvalue weighted by Gasteiger charge is 2.06. The number of rotatable bonds is 4. The van der Waals surface area contributed by atoms with Crippen LogP contribution < -0.4 is 5.32 Å². The van der Waals surface area contributed by atoms with Crippen molar-refractivity contribution >= 4 is 23.3 Å². The van der Waals surface area contributed by atoms with Crippen LogP contribution in [0.2, 0.25) is 5.02 Å². The van der Waals surface area contributed by atoms with E-state index in [1.165, 1.54) is 6.07 Å². The van der Waals surface area contributed by atoms with Gasteiger partial charge in [-0.15, -0.1) is 0 Å². The van der Waals surface area contributed by atoms with Crippen molar-refractivity contribution in [1.82, 2.24) is 0 Å². The molecular weight excluding hydrogens is 281 g/mol. The zero-order valence-corrected chi connectivity index (χ0v) is 11.5. The molecule has 0 aliphatic carbocycles. The molecule has 5 heteroatoms. The number of benzene rings is 2. The van der Waals surface area contributed by atoms with Crippen LogP contribution in [0.3, 0.4) is 0 Å². The number of hydrogen-bond acceptors (Lipinski definition) is 2. The Kier molecular flexibility index (Phi) is 4.25. The van der Waals surface area contributed by atoms with Gasteiger partial charge < -0.3 is 10.4 Å². The molecule has 0 unspecified atom stereocenters. The molecule has 0 heterocycles. The first-order valence-corrected chi connectivity index (χ1v) is 6.37. The summed E-state index contributed by atoms with van der Waals surface area (Å²) in [7, 11) is 0. The lowest BCUT2D eigenvalue weighted by atomic mass is 10.1. The lowest BCUT2D eigenvalue weighted by Gasteiger charge is -2.11. The third-order valence-electron chi connectivity index (χ3n) is 2.95. The summed E-state index contributed by atoms with van der Waals surface area (Å²) in [6, 6.07) is 9.34. The molecule has 0 saturated heterocycles. The van der Waals surface area contributed by atoms with Crippen molar-refractivity contribution in [1.29, 1.82) is 0 Å². The third-order valence-corrected chi connectivity index (χ3v) is 3.24. The van der Waals surface area contributed by atoms with Crippen LogP contribution >= 0.6 is 11.6 Å². The van der Waals surface area contributed by atoms with Crippen LogP contribution in [-0.2, 0) is 6.54 Å². The summed E-state index contributed by atoms with van der Waals surface area (Å²) in [6.07, 6.45) is 0. The molecule has 0 fully saturated rings. The second-order valence-electron chi connectivity index (χ2n) is 4.44. The standard InChI is InChI=1S/C15H13ClFNO2/c1-9-2-4-11(15(19)20)7-14(9)18-8-10-3-5-13(17)12(16)6-10/h2-7,18H,8H2,1H3,(H,19,20). The van der Waals surface area contributed by atoms with Crippen molar-refractivity contribution in [2.45, 2.75) is 13.5 Å². The molecule has 3 nitrogen and oxygen atoms in total. The van der Waals surface area contributed by atoms with Crippen LogP contribution in [0, 0.1) is 12.7 Å². The zero-order valence-electron chi connectivity index (χ0n) is 10.8. The van der Waals surface area contributed by atoms with Crippen LogP contribution in [0.1, 0.15) is 21.5 Å². The van der Waals surface area contributed by atoms with Gasteiger partial charge in [0.2, 0.25) is 0 Å². The smallest absolute Gasteiger partial charge is 0.335 e. The Labute approximate surface area is 121 Å². The summed E-state index contributed by atoms with van der Waals surface area (Å²) in [5, 5.41) is 12.2. The number of carboxylic acids is 1. The predicted octanol–water partition coefficient (Wildman–Crippen LogP) is 4.10. The minimum absolute atomic E-state index is 0.0697. The highest BCUT2D eigenvalue weighted by Crippen LogP contribution is 2.20. The first-order valence-electron chi connectivity index (χ1n) is 5.99. The largest absolute Gasteiger partial charge is 0.478 e. The van der Waals surface area contributed by atoms with Crippen molar-refractivity contribution in [3.05, 3.63) is 63.9 Å². The van der Waals surface area contributed by atoms with Crippen molar-refractivity contribution in [2.75, 3.05) is 5.32 Å². The van der Waals surface area contributed by atoms with E-state index in [0.29, 0.717) is 6.54 Å². The molecule has 2 N–H and O–H groups in total. The summed E-state index contributed by atoms with van der Waals surface area (Å²) in [5.74, 6) is -1.43. The van der Waals surface area contributed by atoms with Gasteiger partial charge in [0.1, 0.15) is 5.82 Å². The van der Waals surface area contributed by atoms with E-state index in [2.05, 4.69) is 5.32 Å². The van der Waals surface area contributed by atoms with E-state index in [9.17, 15) is 9.18 Å². The monoisotopic (exact) mass is 293 g/mol. The van der Waals surface area contributed by atoms with Crippen LogP contribution in [0.4, 0.5) is 10.1 Å². The van der Waals surface area contributed by atoms with Crippen LogP contribution in [-0.4, -0.2) is 11.1 Å². The third kappa shape index (κ3) is 3.27. The Morgan fingerprint density at radius 1 is 1.30 bits per heavy atom. The number of carbonyl (C=O) groups is 1. The van der Waals surface area contributed by atoms with Gasteiger partial charge >= 0.3 is 5.97 Å². The zero-order chi connectivity index (χ0) is 14.7. The quantitative estimate of drug-likeness (QED) is 0.892. The SMILES string of the molecule is Cc1ccc(C(=O)O)cc1NCc1ccc(F)c(Cl)c1. The maximum Gasteiger partial charge on any atom is 0.335 e. The Morgan fingerprint density at radius 3 is 2.70 bits per heavy atom. The number of aromatic carboxylic acids is 1. The van der Waals surface area contributed by atoms with Gasteiger partial charge in [0, 0.05) is 12.2 Å². The number of nitrogens with one attached hydrogen (secondary N) is 1. The summed E-state index contributed by atoms with van der Waals surface area (Å²) in [5.41, 5.74) is 2.69. The fourth-order valence-electron chi connectivity index (χ4n) is 1.79. The number of carboxylic acid groups (broad SMARTS) is 1. The molecule has 2 aromatic carbocycles. The minimum Gasteiger partial charge on any atom is -0.478 e. The predicted molar refractivity (Wildman–Crippen MR) is 76.9 cm³/mol. The first kappa shape index (κ1) is 14.3. The number of aryl methyl sites for hydroxylation is 1. The molecule has 0 radical (unpaired) electrons. The molecule has 0 aromatic heterocycles. The Bertz CT molecular complexity index is 658. The number of halogens is 2. The highest BCUT2D eigenvalue weighted by atomic mass is 35.5. The van der Waals surface area contributed by atoms with E-state index in [4.69, 9.17) is 16.7 Å².